The van der Waals surface area contributed by atoms with Gasteiger partial charge in [-0.3, -0.25) is 9.59 Å². The van der Waals surface area contributed by atoms with Crippen molar-refractivity contribution in [3.63, 3.8) is 0 Å². The molecule has 0 radical (unpaired) electrons. The van der Waals surface area contributed by atoms with E-state index in [-0.39, 0.29) is 15.7 Å². The maximum Gasteiger partial charge on any atom is 0.319 e. The molecule has 0 aromatic heterocycles. The van der Waals surface area contributed by atoms with Crippen LogP contribution < -0.4 is 0 Å². The van der Waals surface area contributed by atoms with Gasteiger partial charge in [0.05, 0.1) is 27.2 Å². The molecule has 2 saturated heterocycles. The number of hydrogen-bond donors (Lipinski definition) is 0. The van der Waals surface area contributed by atoms with Crippen LogP contribution >= 0.6 is 0 Å². The SMILES string of the molecule is Cc1ccc(S(=O)(=O)N=S2C3C(C(C)(C)C)=C(C(C)(C)C)C2C2C(=O)OC(=O)C23)cc1. The van der Waals surface area contributed by atoms with Gasteiger partial charge >= 0.3 is 11.9 Å². The summed E-state index contributed by atoms with van der Waals surface area (Å²) in [6, 6.07) is 6.59. The summed E-state index contributed by atoms with van der Waals surface area (Å²) in [5, 5.41) is -0.855. The van der Waals surface area contributed by atoms with Crippen molar-refractivity contribution < 1.29 is 22.7 Å². The van der Waals surface area contributed by atoms with Crippen LogP contribution in [0.1, 0.15) is 47.1 Å². The minimum atomic E-state index is -3.94. The summed E-state index contributed by atoms with van der Waals surface area (Å²) in [4.78, 5) is 25.4. The molecule has 6 nitrogen and oxygen atoms in total. The molecule has 3 aliphatic rings. The van der Waals surface area contributed by atoms with Gasteiger partial charge in [-0.15, -0.1) is 3.77 Å². The summed E-state index contributed by atoms with van der Waals surface area (Å²) < 4.78 is 35.9. The number of nitrogens with zero attached hydrogens (tertiary/aromatic N) is 1. The lowest BCUT2D eigenvalue weighted by atomic mass is 9.64. The quantitative estimate of drug-likeness (QED) is 0.376. The topological polar surface area (TPSA) is 89.9 Å². The minimum absolute atomic E-state index is 0.130. The molecule has 0 saturated carbocycles. The van der Waals surface area contributed by atoms with Crippen molar-refractivity contribution in [2.75, 3.05) is 0 Å². The first kappa shape index (κ1) is 22.4. The van der Waals surface area contributed by atoms with Crippen LogP contribution in [-0.2, 0) is 35.0 Å². The fourth-order valence-corrected chi connectivity index (χ4v) is 10.5. The Morgan fingerprint density at radius 1 is 0.839 bits per heavy atom. The molecular formula is C23H29NO5S2. The van der Waals surface area contributed by atoms with Crippen LogP contribution in [-0.4, -0.2) is 30.9 Å². The molecule has 0 amide bonds. The van der Waals surface area contributed by atoms with Gasteiger partial charge in [0.25, 0.3) is 10.0 Å². The molecule has 168 valence electrons. The van der Waals surface area contributed by atoms with E-state index >= 15 is 0 Å². The maximum atomic E-state index is 13.2. The molecule has 0 N–H and O–H groups in total. The predicted octanol–water partition coefficient (Wildman–Crippen LogP) is 3.95. The zero-order chi connectivity index (χ0) is 23.1. The predicted molar refractivity (Wildman–Crippen MR) is 120 cm³/mol. The Hall–Kier alpha value is -1.80. The van der Waals surface area contributed by atoms with E-state index in [1.165, 1.54) is 0 Å². The third-order valence-electron chi connectivity index (χ3n) is 6.28. The van der Waals surface area contributed by atoms with Gasteiger partial charge in [-0.1, -0.05) is 69.9 Å². The molecule has 3 aliphatic heterocycles. The Morgan fingerprint density at radius 2 is 1.26 bits per heavy atom. The Labute approximate surface area is 186 Å². The maximum absolute atomic E-state index is 13.2. The number of sulfonamides is 1. The van der Waals surface area contributed by atoms with Gasteiger partial charge in [-0.2, -0.15) is 8.42 Å². The summed E-state index contributed by atoms with van der Waals surface area (Å²) in [5.41, 5.74) is 2.48. The van der Waals surface area contributed by atoms with Crippen LogP contribution in [0.2, 0.25) is 0 Å². The van der Waals surface area contributed by atoms with Crippen molar-refractivity contribution in [1.82, 2.24) is 0 Å². The van der Waals surface area contributed by atoms with Crippen LogP contribution in [0.15, 0.2) is 44.1 Å². The highest BCUT2D eigenvalue weighted by atomic mass is 32.3. The van der Waals surface area contributed by atoms with E-state index in [1.807, 2.05) is 6.92 Å². The summed E-state index contributed by atoms with van der Waals surface area (Å²) >= 11 is 0. The zero-order valence-corrected chi connectivity index (χ0v) is 20.6. The Balaban J connectivity index is 1.96. The molecule has 4 atom stereocenters. The molecule has 1 aromatic carbocycles. The molecule has 0 spiro atoms. The first-order chi connectivity index (χ1) is 14.1. The normalized spacial score (nSPS) is 30.6. The largest absolute Gasteiger partial charge is 0.393 e. The summed E-state index contributed by atoms with van der Waals surface area (Å²) in [7, 11) is -4.99. The second-order valence-electron chi connectivity index (χ2n) is 10.7. The van der Waals surface area contributed by atoms with Gasteiger partial charge in [-0.05, 0) is 41.0 Å². The van der Waals surface area contributed by atoms with E-state index in [9.17, 15) is 18.0 Å². The molecule has 4 unspecified atom stereocenters. The van der Waals surface area contributed by atoms with E-state index in [0.29, 0.717) is 0 Å². The molecule has 8 heteroatoms. The molecule has 1 aromatic rings. The molecular weight excluding hydrogens is 434 g/mol. The number of aryl methyl sites for hydroxylation is 1. The first-order valence-corrected chi connectivity index (χ1v) is 13.2. The average Bonchev–Trinajstić information content (AvgIpc) is 3.20. The molecule has 0 aliphatic carbocycles. The Kier molecular flexibility index (Phi) is 4.95. The van der Waals surface area contributed by atoms with Gasteiger partial charge in [0, 0.05) is 0 Å². The third kappa shape index (κ3) is 3.42. The number of ether oxygens (including phenoxy) is 1. The number of rotatable bonds is 2. The number of esters is 2. The van der Waals surface area contributed by atoms with E-state index in [4.69, 9.17) is 4.74 Å². The lowest BCUT2D eigenvalue weighted by molar-refractivity contribution is -0.153. The lowest BCUT2D eigenvalue weighted by Crippen LogP contribution is -2.38. The molecule has 4 rings (SSSR count). The third-order valence-corrected chi connectivity index (χ3v) is 10.7. The van der Waals surface area contributed by atoms with Crippen molar-refractivity contribution in [2.45, 2.75) is 63.9 Å². The van der Waals surface area contributed by atoms with Crippen molar-refractivity contribution in [1.29, 1.82) is 0 Å². The van der Waals surface area contributed by atoms with Gasteiger partial charge < -0.3 is 4.74 Å². The Bertz CT molecular complexity index is 1100. The highest BCUT2D eigenvalue weighted by Gasteiger charge is 2.68. The molecule has 31 heavy (non-hydrogen) atoms. The lowest BCUT2D eigenvalue weighted by Gasteiger charge is -2.37. The van der Waals surface area contributed by atoms with E-state index in [1.54, 1.807) is 24.3 Å². The van der Waals surface area contributed by atoms with Gasteiger partial charge in [0.1, 0.15) is 0 Å². The first-order valence-electron chi connectivity index (χ1n) is 10.4. The summed E-state index contributed by atoms with van der Waals surface area (Å²) in [6.45, 7) is 14.3. The van der Waals surface area contributed by atoms with Gasteiger partial charge in [0.2, 0.25) is 0 Å². The van der Waals surface area contributed by atoms with Crippen LogP contribution in [0, 0.1) is 29.6 Å². The van der Waals surface area contributed by atoms with Crippen molar-refractivity contribution in [3.05, 3.63) is 41.0 Å². The monoisotopic (exact) mass is 463 g/mol. The Morgan fingerprint density at radius 3 is 1.65 bits per heavy atom. The van der Waals surface area contributed by atoms with Crippen molar-refractivity contribution >= 4 is 32.7 Å². The summed E-state index contributed by atoms with van der Waals surface area (Å²) in [6.07, 6.45) is 0. The van der Waals surface area contributed by atoms with Crippen LogP contribution in [0.25, 0.3) is 0 Å². The van der Waals surface area contributed by atoms with Gasteiger partial charge in [-0.25, -0.2) is 0 Å². The second-order valence-corrected chi connectivity index (χ2v) is 14.4. The highest BCUT2D eigenvalue weighted by molar-refractivity contribution is 8.01. The number of carbonyl (C=O) groups excluding carboxylic acids is 2. The van der Waals surface area contributed by atoms with Gasteiger partial charge in [0.15, 0.2) is 0 Å². The number of benzene rings is 1. The number of carbonyl (C=O) groups is 2. The average molecular weight is 464 g/mol. The van der Waals surface area contributed by atoms with Crippen LogP contribution in [0.4, 0.5) is 0 Å². The zero-order valence-electron chi connectivity index (χ0n) is 18.9. The van der Waals surface area contributed by atoms with Crippen LogP contribution in [0.5, 0.6) is 0 Å². The summed E-state index contributed by atoms with van der Waals surface area (Å²) in [5.74, 6) is -2.40. The molecule has 2 bridgehead atoms. The minimum Gasteiger partial charge on any atom is -0.393 e. The number of hydrogen-bond acceptors (Lipinski definition) is 5. The van der Waals surface area contributed by atoms with E-state index < -0.39 is 55.0 Å². The van der Waals surface area contributed by atoms with Crippen molar-refractivity contribution in [3.8, 4) is 0 Å². The smallest absolute Gasteiger partial charge is 0.319 e. The number of cyclic esters (lactones) is 2. The van der Waals surface area contributed by atoms with E-state index in [0.717, 1.165) is 16.7 Å². The standard InChI is InChI=1S/C23H29NO5S2/c1-12-8-10-13(11-9-12)31(27,28)24-30-18-14-15(21(26)29-20(14)25)19(30)17(23(5,6)7)16(18)22(2,3)4/h8-11,14-15,18-19H,1-7H3. The van der Waals surface area contributed by atoms with Crippen molar-refractivity contribution in [2.24, 2.45) is 26.4 Å². The fourth-order valence-electron chi connectivity index (χ4n) is 5.14. The molecule has 3 heterocycles. The van der Waals surface area contributed by atoms with Crippen LogP contribution in [0.3, 0.4) is 0 Å². The fraction of sp³-hybridized carbons (Fsp3) is 0.565. The highest BCUT2D eigenvalue weighted by Crippen LogP contribution is 2.61. The second kappa shape index (κ2) is 6.85. The number of fused-ring (bicyclic) bond motifs is 5. The molecule has 2 fully saturated rings. The van der Waals surface area contributed by atoms with E-state index in [2.05, 4.69) is 45.3 Å².